The van der Waals surface area contributed by atoms with E-state index in [1.165, 1.54) is 41.9 Å². The van der Waals surface area contributed by atoms with Gasteiger partial charge in [-0.3, -0.25) is 9.59 Å². The van der Waals surface area contributed by atoms with Crippen molar-refractivity contribution in [3.63, 3.8) is 0 Å². The van der Waals surface area contributed by atoms with Crippen molar-refractivity contribution in [1.82, 2.24) is 15.2 Å². The Kier molecular flexibility index (Phi) is 12.9. The summed E-state index contributed by atoms with van der Waals surface area (Å²) in [7, 11) is 3.52. The number of aromatic hydroxyl groups is 1. The smallest absolute Gasteiger partial charge is 0.349 e. The number of H-pyrrole nitrogens is 1. The van der Waals surface area contributed by atoms with Crippen molar-refractivity contribution in [3.05, 3.63) is 108 Å². The molecule has 6 rings (SSSR count). The standard InChI is InChI=1S/C41H47ClN4O8S2/c1-40(2,23-46(3)25-9-11-26(12-10-25)54-39(51)41(52,34-7-5-17-55-34)35-8-6-18-56-35)38(50)44-30-20-33(53-4)24(19-29(30)42)21-43-22-32(48)27-13-15-31(47)37-28(27)14-16-36(49)45-37/h5-8,13-20,25-26,32,43,47-48,52H,9-12,21-23H2,1-4H3,(H,44,50)(H,45,49). The molecule has 1 amide bonds. The Hall–Kier alpha value is -4.28. The van der Waals surface area contributed by atoms with Gasteiger partial charge in [0.15, 0.2) is 0 Å². The summed E-state index contributed by atoms with van der Waals surface area (Å²) in [6.45, 7) is 4.68. The summed E-state index contributed by atoms with van der Waals surface area (Å²) in [6.07, 6.45) is 1.56. The number of thiophene rings is 2. The highest BCUT2D eigenvalue weighted by Crippen LogP contribution is 2.39. The molecule has 1 saturated carbocycles. The molecule has 0 radical (unpaired) electrons. The van der Waals surface area contributed by atoms with Crippen LogP contribution in [0, 0.1) is 5.41 Å². The average Bonchev–Trinajstić information content (AvgIpc) is 3.92. The molecule has 1 fully saturated rings. The second-order valence-corrected chi connectivity index (χ2v) is 17.1. The first-order chi connectivity index (χ1) is 26.7. The molecule has 0 saturated heterocycles. The normalized spacial score (nSPS) is 16.9. The lowest BCUT2D eigenvalue weighted by Gasteiger charge is -2.38. The number of aromatic amines is 1. The van der Waals surface area contributed by atoms with E-state index >= 15 is 0 Å². The lowest BCUT2D eigenvalue weighted by molar-refractivity contribution is -0.169. The number of nitrogens with one attached hydrogen (secondary N) is 3. The summed E-state index contributed by atoms with van der Waals surface area (Å²) in [5.41, 5.74) is -1.07. The summed E-state index contributed by atoms with van der Waals surface area (Å²) in [4.78, 5) is 44.7. The first-order valence-corrected chi connectivity index (χ1v) is 20.5. The van der Waals surface area contributed by atoms with Crippen molar-refractivity contribution in [2.75, 3.05) is 32.6 Å². The van der Waals surface area contributed by atoms with Crippen LogP contribution in [0.15, 0.2) is 76.2 Å². The number of aliphatic hydroxyl groups is 2. The first-order valence-electron chi connectivity index (χ1n) is 18.3. The van der Waals surface area contributed by atoms with E-state index < -0.39 is 23.1 Å². The number of hydrogen-bond acceptors (Lipinski definition) is 12. The lowest BCUT2D eigenvalue weighted by atomic mass is 9.87. The predicted molar refractivity (Wildman–Crippen MR) is 220 cm³/mol. The number of rotatable bonds is 15. The maximum absolute atomic E-state index is 13.7. The number of aliphatic hydroxyl groups excluding tert-OH is 1. The van der Waals surface area contributed by atoms with Gasteiger partial charge in [0, 0.05) is 48.8 Å². The SMILES string of the molecule is COc1cc(NC(=O)C(C)(C)CN(C)C2CCC(OC(=O)C(O)(c3cccs3)c3cccs3)CC2)c(Cl)cc1CNCC(O)c1ccc(O)c2[nH]c(=O)ccc12. The lowest BCUT2D eigenvalue weighted by Crippen LogP contribution is -2.46. The molecule has 0 bridgehead atoms. The van der Waals surface area contributed by atoms with E-state index in [-0.39, 0.29) is 41.4 Å². The van der Waals surface area contributed by atoms with Crippen LogP contribution in [0.1, 0.15) is 66.5 Å². The highest BCUT2D eigenvalue weighted by Gasteiger charge is 2.45. The number of ether oxygens (including phenoxy) is 2. The summed E-state index contributed by atoms with van der Waals surface area (Å²) in [6, 6.07) is 16.6. The van der Waals surface area contributed by atoms with Crippen molar-refractivity contribution >= 4 is 62.7 Å². The quantitative estimate of drug-likeness (QED) is 0.0638. The van der Waals surface area contributed by atoms with Crippen LogP contribution in [0.25, 0.3) is 10.9 Å². The molecule has 5 aromatic rings. The van der Waals surface area contributed by atoms with Crippen molar-refractivity contribution in [1.29, 1.82) is 0 Å². The minimum atomic E-state index is -1.84. The van der Waals surface area contributed by atoms with E-state index in [9.17, 15) is 29.7 Å². The Morgan fingerprint density at radius 2 is 1.71 bits per heavy atom. The number of methoxy groups -OCH3 is 1. The van der Waals surface area contributed by atoms with E-state index in [2.05, 4.69) is 20.5 Å². The van der Waals surface area contributed by atoms with Gasteiger partial charge in [-0.2, -0.15) is 0 Å². The molecule has 0 spiro atoms. The summed E-state index contributed by atoms with van der Waals surface area (Å²) in [5, 5.41) is 43.5. The zero-order chi connectivity index (χ0) is 40.2. The molecule has 1 atom stereocenters. The number of nitrogens with zero attached hydrogens (tertiary/aromatic N) is 1. The number of aromatic nitrogens is 1. The number of phenols is 1. The van der Waals surface area contributed by atoms with Gasteiger partial charge in [-0.1, -0.05) is 29.8 Å². The third kappa shape index (κ3) is 8.97. The van der Waals surface area contributed by atoms with Gasteiger partial charge in [0.2, 0.25) is 17.1 Å². The van der Waals surface area contributed by atoms with E-state index in [0.29, 0.717) is 68.7 Å². The Morgan fingerprint density at radius 3 is 2.34 bits per heavy atom. The van der Waals surface area contributed by atoms with Gasteiger partial charge in [-0.05, 0) is 93.2 Å². The molecule has 1 aliphatic rings. The molecular weight excluding hydrogens is 776 g/mol. The van der Waals surface area contributed by atoms with Crippen LogP contribution in [0.3, 0.4) is 0 Å². The van der Waals surface area contributed by atoms with Crippen LogP contribution in [-0.4, -0.2) is 76.5 Å². The number of amides is 1. The van der Waals surface area contributed by atoms with Crippen LogP contribution in [0.4, 0.5) is 5.69 Å². The summed E-state index contributed by atoms with van der Waals surface area (Å²) in [5.74, 6) is -0.459. The molecule has 0 aliphatic heterocycles. The number of fused-ring (bicyclic) bond motifs is 1. The third-order valence-corrected chi connectivity index (χ3v) is 12.7. The fourth-order valence-electron chi connectivity index (χ4n) is 7.27. The molecule has 56 heavy (non-hydrogen) atoms. The fraction of sp³-hybridized carbons (Fsp3) is 0.390. The number of pyridine rings is 1. The van der Waals surface area contributed by atoms with Gasteiger partial charge in [0.25, 0.3) is 0 Å². The van der Waals surface area contributed by atoms with Crippen LogP contribution < -0.4 is 20.9 Å². The van der Waals surface area contributed by atoms with Crippen LogP contribution in [0.2, 0.25) is 5.02 Å². The molecule has 12 nitrogen and oxygen atoms in total. The van der Waals surface area contributed by atoms with Gasteiger partial charge in [0.05, 0.1) is 44.6 Å². The topological polar surface area (TPSA) is 173 Å². The van der Waals surface area contributed by atoms with Crippen molar-refractivity contribution in [3.8, 4) is 11.5 Å². The minimum absolute atomic E-state index is 0.0844. The molecular formula is C41H47ClN4O8S2. The number of hydrogen-bond donors (Lipinski definition) is 6. The molecule has 298 valence electrons. The van der Waals surface area contributed by atoms with E-state index in [0.717, 1.165) is 12.8 Å². The number of halogens is 1. The van der Waals surface area contributed by atoms with Crippen LogP contribution >= 0.6 is 34.3 Å². The number of anilines is 1. The van der Waals surface area contributed by atoms with Crippen molar-refractivity contribution in [2.24, 2.45) is 5.41 Å². The van der Waals surface area contributed by atoms with Crippen LogP contribution in [0.5, 0.6) is 11.5 Å². The first kappa shape index (κ1) is 41.4. The number of phenolic OH excluding ortho intramolecular Hbond substituents is 1. The monoisotopic (exact) mass is 822 g/mol. The second kappa shape index (κ2) is 17.5. The molecule has 3 heterocycles. The van der Waals surface area contributed by atoms with E-state index in [1.807, 2.05) is 31.7 Å². The van der Waals surface area contributed by atoms with Gasteiger partial charge in [0.1, 0.15) is 17.6 Å². The van der Waals surface area contributed by atoms with Gasteiger partial charge < -0.3 is 45.3 Å². The number of benzene rings is 2. The Bertz CT molecular complexity index is 2170. The summed E-state index contributed by atoms with van der Waals surface area (Å²) < 4.78 is 11.6. The number of esters is 1. The maximum Gasteiger partial charge on any atom is 0.349 e. The zero-order valence-electron chi connectivity index (χ0n) is 31.6. The van der Waals surface area contributed by atoms with E-state index in [4.69, 9.17) is 21.1 Å². The van der Waals surface area contributed by atoms with Gasteiger partial charge in [-0.15, -0.1) is 22.7 Å². The molecule has 1 unspecified atom stereocenters. The second-order valence-electron chi connectivity index (χ2n) is 14.8. The number of carbonyl (C=O) groups excluding carboxylic acids is 2. The Labute approximate surface area is 338 Å². The third-order valence-electron chi connectivity index (χ3n) is 10.4. The highest BCUT2D eigenvalue weighted by molar-refractivity contribution is 7.12. The largest absolute Gasteiger partial charge is 0.506 e. The molecule has 15 heteroatoms. The molecule has 3 aromatic heterocycles. The minimum Gasteiger partial charge on any atom is -0.506 e. The predicted octanol–water partition coefficient (Wildman–Crippen LogP) is 6.53. The highest BCUT2D eigenvalue weighted by atomic mass is 35.5. The van der Waals surface area contributed by atoms with Crippen molar-refractivity contribution < 1.29 is 34.4 Å². The number of carbonyl (C=O) groups is 2. The van der Waals surface area contributed by atoms with Gasteiger partial charge >= 0.3 is 5.97 Å². The molecule has 2 aromatic carbocycles. The van der Waals surface area contributed by atoms with E-state index in [1.54, 1.807) is 48.5 Å². The zero-order valence-corrected chi connectivity index (χ0v) is 34.0. The van der Waals surface area contributed by atoms with Crippen LogP contribution in [-0.2, 0) is 26.5 Å². The Morgan fingerprint density at radius 1 is 1.04 bits per heavy atom. The summed E-state index contributed by atoms with van der Waals surface area (Å²) >= 11 is 9.32. The Balaban J connectivity index is 1.01. The average molecular weight is 823 g/mol. The maximum atomic E-state index is 13.7. The van der Waals surface area contributed by atoms with Crippen molar-refractivity contribution in [2.45, 2.75) is 69.9 Å². The molecule has 6 N–H and O–H groups in total. The molecule has 1 aliphatic carbocycles. The fourth-order valence-corrected chi connectivity index (χ4v) is 9.22. The van der Waals surface area contributed by atoms with Gasteiger partial charge in [-0.25, -0.2) is 4.79 Å².